The van der Waals surface area contributed by atoms with Gasteiger partial charge in [-0.15, -0.1) is 0 Å². The van der Waals surface area contributed by atoms with E-state index in [1.165, 1.54) is 18.5 Å². The quantitative estimate of drug-likeness (QED) is 0.286. The van der Waals surface area contributed by atoms with E-state index in [1.54, 1.807) is 41.1 Å². The number of nitrogens with two attached hydrogens (primary N) is 1. The second-order valence-electron chi connectivity index (χ2n) is 9.06. The molecule has 1 atom stereocenters. The molecule has 39 heavy (non-hydrogen) atoms. The van der Waals surface area contributed by atoms with E-state index in [-0.39, 0.29) is 16.8 Å². The number of anilines is 1. The highest BCUT2D eigenvalue weighted by Gasteiger charge is 2.27. The lowest BCUT2D eigenvalue weighted by Crippen LogP contribution is -2.16. The average molecular weight is 522 g/mol. The molecule has 0 saturated carbocycles. The minimum absolute atomic E-state index is 0.256. The van der Waals surface area contributed by atoms with Gasteiger partial charge >= 0.3 is 0 Å². The number of fused-ring (bicyclic) bond motifs is 2. The number of rotatable bonds is 6. The standard InChI is InChI=1S/C30H24FN5O3/c1-3-38-21-11-7-9-19(15-21)26-25-29(32)33-16-34-30(25)36(35-26)17(2)28-24(18-8-6-10-20(31)14-18)27(37)22-12-4-5-13-23(22)39-28/h4-17H,3H2,1-2H3,(H2,32,33,34). The van der Waals surface area contributed by atoms with Crippen molar-refractivity contribution < 1.29 is 13.5 Å². The van der Waals surface area contributed by atoms with Crippen molar-refractivity contribution in [3.8, 4) is 28.1 Å². The number of nitrogen functional groups attached to an aromatic ring is 1. The number of nitrogens with zero attached hydrogens (tertiary/aromatic N) is 4. The van der Waals surface area contributed by atoms with Gasteiger partial charge in [0.25, 0.3) is 0 Å². The lowest BCUT2D eigenvalue weighted by molar-refractivity contribution is 0.340. The normalized spacial score (nSPS) is 12.2. The van der Waals surface area contributed by atoms with Crippen molar-refractivity contribution >= 4 is 27.8 Å². The summed E-state index contributed by atoms with van der Waals surface area (Å²) in [5.41, 5.74) is 8.94. The maximum atomic E-state index is 14.3. The van der Waals surface area contributed by atoms with Crippen LogP contribution in [-0.4, -0.2) is 26.4 Å². The summed E-state index contributed by atoms with van der Waals surface area (Å²) >= 11 is 0. The summed E-state index contributed by atoms with van der Waals surface area (Å²) in [7, 11) is 0. The number of ether oxygens (including phenoxy) is 1. The Bertz CT molecular complexity index is 1910. The molecule has 0 aliphatic carbocycles. The second-order valence-corrected chi connectivity index (χ2v) is 9.06. The van der Waals surface area contributed by atoms with Crippen molar-refractivity contribution in [2.75, 3.05) is 12.3 Å². The Labute approximate surface area is 222 Å². The molecule has 0 aliphatic rings. The Morgan fingerprint density at radius 3 is 2.64 bits per heavy atom. The van der Waals surface area contributed by atoms with Crippen LogP contribution in [0.5, 0.6) is 5.75 Å². The molecule has 6 aromatic rings. The zero-order chi connectivity index (χ0) is 27.1. The van der Waals surface area contributed by atoms with Gasteiger partial charge < -0.3 is 14.9 Å². The molecule has 0 amide bonds. The maximum absolute atomic E-state index is 14.3. The SMILES string of the molecule is CCOc1cccc(-c2nn(C(C)c3oc4ccccc4c(=O)c3-c3cccc(F)c3)c3ncnc(N)c23)c1. The Morgan fingerprint density at radius 2 is 1.82 bits per heavy atom. The minimum Gasteiger partial charge on any atom is -0.494 e. The fourth-order valence-corrected chi connectivity index (χ4v) is 4.85. The van der Waals surface area contributed by atoms with Crippen LogP contribution in [0.3, 0.4) is 0 Å². The van der Waals surface area contributed by atoms with Crippen molar-refractivity contribution in [3.05, 3.63) is 101 Å². The van der Waals surface area contributed by atoms with Crippen molar-refractivity contribution in [1.82, 2.24) is 19.7 Å². The van der Waals surface area contributed by atoms with Crippen LogP contribution in [0.15, 0.2) is 88.3 Å². The number of hydrogen-bond acceptors (Lipinski definition) is 7. The number of para-hydroxylation sites is 1. The average Bonchev–Trinajstić information content (AvgIpc) is 3.34. The summed E-state index contributed by atoms with van der Waals surface area (Å²) in [5, 5.41) is 5.87. The van der Waals surface area contributed by atoms with Crippen LogP contribution in [-0.2, 0) is 0 Å². The molecule has 0 saturated heterocycles. The van der Waals surface area contributed by atoms with Crippen LogP contribution >= 0.6 is 0 Å². The molecule has 3 heterocycles. The Hall–Kier alpha value is -5.05. The van der Waals surface area contributed by atoms with E-state index in [9.17, 15) is 9.18 Å². The largest absolute Gasteiger partial charge is 0.494 e. The zero-order valence-corrected chi connectivity index (χ0v) is 21.3. The summed E-state index contributed by atoms with van der Waals surface area (Å²) in [6.45, 7) is 4.28. The summed E-state index contributed by atoms with van der Waals surface area (Å²) in [6.07, 6.45) is 1.37. The van der Waals surface area contributed by atoms with Gasteiger partial charge in [-0.3, -0.25) is 4.79 Å². The third-order valence-electron chi connectivity index (χ3n) is 6.62. The van der Waals surface area contributed by atoms with Crippen molar-refractivity contribution in [3.63, 3.8) is 0 Å². The molecule has 8 nitrogen and oxygen atoms in total. The van der Waals surface area contributed by atoms with E-state index < -0.39 is 11.9 Å². The van der Waals surface area contributed by atoms with E-state index in [0.29, 0.717) is 51.4 Å². The first-order valence-electron chi connectivity index (χ1n) is 12.5. The molecular weight excluding hydrogens is 497 g/mol. The lowest BCUT2D eigenvalue weighted by atomic mass is 9.99. The highest BCUT2D eigenvalue weighted by atomic mass is 19.1. The van der Waals surface area contributed by atoms with Gasteiger partial charge in [-0.2, -0.15) is 5.10 Å². The van der Waals surface area contributed by atoms with Crippen LogP contribution in [0.25, 0.3) is 44.4 Å². The third-order valence-corrected chi connectivity index (χ3v) is 6.62. The number of benzene rings is 3. The molecule has 0 spiro atoms. The summed E-state index contributed by atoms with van der Waals surface area (Å²) < 4.78 is 28.0. The Balaban J connectivity index is 1.62. The lowest BCUT2D eigenvalue weighted by Gasteiger charge is -2.17. The third kappa shape index (κ3) is 4.17. The molecular formula is C30H24FN5O3. The van der Waals surface area contributed by atoms with Crippen LogP contribution in [0.2, 0.25) is 0 Å². The van der Waals surface area contributed by atoms with E-state index in [0.717, 1.165) is 5.56 Å². The van der Waals surface area contributed by atoms with Crippen molar-refractivity contribution in [1.29, 1.82) is 0 Å². The summed E-state index contributed by atoms with van der Waals surface area (Å²) in [6, 6.07) is 19.8. The number of aromatic nitrogens is 4. The van der Waals surface area contributed by atoms with E-state index in [1.807, 2.05) is 38.1 Å². The van der Waals surface area contributed by atoms with Gasteiger partial charge in [0.2, 0.25) is 5.43 Å². The maximum Gasteiger partial charge on any atom is 0.200 e. The predicted octanol–water partition coefficient (Wildman–Crippen LogP) is 6.00. The Kier molecular flexibility index (Phi) is 6.03. The fraction of sp³-hybridized carbons (Fsp3) is 0.133. The molecule has 1 unspecified atom stereocenters. The van der Waals surface area contributed by atoms with E-state index in [4.69, 9.17) is 20.0 Å². The highest BCUT2D eigenvalue weighted by Crippen LogP contribution is 2.37. The summed E-state index contributed by atoms with van der Waals surface area (Å²) in [4.78, 5) is 22.5. The minimum atomic E-state index is -0.624. The summed E-state index contributed by atoms with van der Waals surface area (Å²) in [5.74, 6) is 0.816. The second kappa shape index (κ2) is 9.68. The fourth-order valence-electron chi connectivity index (χ4n) is 4.85. The van der Waals surface area contributed by atoms with Crippen LogP contribution in [0.1, 0.15) is 25.6 Å². The monoisotopic (exact) mass is 521 g/mol. The van der Waals surface area contributed by atoms with Crippen molar-refractivity contribution in [2.24, 2.45) is 0 Å². The molecule has 3 aromatic heterocycles. The van der Waals surface area contributed by atoms with Gasteiger partial charge in [0.05, 0.1) is 22.9 Å². The highest BCUT2D eigenvalue weighted by molar-refractivity contribution is 5.98. The van der Waals surface area contributed by atoms with Crippen LogP contribution in [0.4, 0.5) is 10.2 Å². The van der Waals surface area contributed by atoms with E-state index >= 15 is 0 Å². The smallest absolute Gasteiger partial charge is 0.200 e. The Morgan fingerprint density at radius 1 is 1.03 bits per heavy atom. The molecule has 194 valence electrons. The van der Waals surface area contributed by atoms with Gasteiger partial charge in [0, 0.05) is 5.56 Å². The number of halogens is 1. The molecule has 9 heteroatoms. The number of hydrogen-bond donors (Lipinski definition) is 1. The van der Waals surface area contributed by atoms with Gasteiger partial charge in [-0.25, -0.2) is 19.0 Å². The molecule has 2 N–H and O–H groups in total. The molecule has 6 rings (SSSR count). The predicted molar refractivity (Wildman–Crippen MR) is 148 cm³/mol. The first-order valence-corrected chi connectivity index (χ1v) is 12.5. The molecule has 0 radical (unpaired) electrons. The first kappa shape index (κ1) is 24.3. The van der Waals surface area contributed by atoms with Gasteiger partial charge in [0.15, 0.2) is 5.65 Å². The first-order chi connectivity index (χ1) is 19.0. The zero-order valence-electron chi connectivity index (χ0n) is 21.3. The molecule has 0 aliphatic heterocycles. The van der Waals surface area contributed by atoms with Crippen molar-refractivity contribution in [2.45, 2.75) is 19.9 Å². The van der Waals surface area contributed by atoms with Crippen LogP contribution < -0.4 is 15.9 Å². The molecule has 0 fully saturated rings. The van der Waals surface area contributed by atoms with E-state index in [2.05, 4.69) is 9.97 Å². The van der Waals surface area contributed by atoms with Gasteiger partial charge in [-0.1, -0.05) is 36.4 Å². The van der Waals surface area contributed by atoms with Gasteiger partial charge in [0.1, 0.15) is 46.8 Å². The molecule has 3 aromatic carbocycles. The topological polar surface area (TPSA) is 109 Å². The van der Waals surface area contributed by atoms with Crippen LogP contribution in [0, 0.1) is 5.82 Å². The molecule has 0 bridgehead atoms. The van der Waals surface area contributed by atoms with Gasteiger partial charge in [-0.05, 0) is 55.8 Å².